The molecule has 2 unspecified atom stereocenters. The number of hydrogen-bond acceptors (Lipinski definition) is 2. The zero-order chi connectivity index (χ0) is 13.7. The van der Waals surface area contributed by atoms with Crippen LogP contribution in [-0.2, 0) is 4.79 Å². The van der Waals surface area contributed by atoms with Gasteiger partial charge in [0.25, 0.3) is 0 Å². The summed E-state index contributed by atoms with van der Waals surface area (Å²) in [5.41, 5.74) is 6.02. The van der Waals surface area contributed by atoms with Gasteiger partial charge in [0, 0.05) is 25.6 Å². The van der Waals surface area contributed by atoms with Gasteiger partial charge in [-0.2, -0.15) is 0 Å². The van der Waals surface area contributed by atoms with E-state index in [0.29, 0.717) is 23.9 Å². The van der Waals surface area contributed by atoms with Gasteiger partial charge in [-0.15, -0.1) is 0 Å². The average Bonchev–Trinajstić information content (AvgIpc) is 2.66. The number of hydrogen-bond donors (Lipinski definition) is 1. The van der Waals surface area contributed by atoms with Crippen molar-refractivity contribution in [1.82, 2.24) is 4.90 Å². The second-order valence-corrected chi connectivity index (χ2v) is 6.65. The number of amides is 1. The van der Waals surface area contributed by atoms with Gasteiger partial charge in [-0.05, 0) is 38.0 Å². The van der Waals surface area contributed by atoms with E-state index < -0.39 is 0 Å². The van der Waals surface area contributed by atoms with E-state index in [9.17, 15) is 4.79 Å². The lowest BCUT2D eigenvalue weighted by Gasteiger charge is -2.31. The predicted octanol–water partition coefficient (Wildman–Crippen LogP) is 3.08. The van der Waals surface area contributed by atoms with Crippen LogP contribution in [0.25, 0.3) is 0 Å². The lowest BCUT2D eigenvalue weighted by molar-refractivity contribution is -0.133. The molecule has 0 aliphatic heterocycles. The molecule has 2 aliphatic carbocycles. The maximum absolute atomic E-state index is 12.4. The van der Waals surface area contributed by atoms with Crippen LogP contribution in [0, 0.1) is 5.92 Å². The number of rotatable bonds is 3. The summed E-state index contributed by atoms with van der Waals surface area (Å²) in [5, 5.41) is 0. The average molecular weight is 266 g/mol. The van der Waals surface area contributed by atoms with E-state index in [2.05, 4.69) is 0 Å². The summed E-state index contributed by atoms with van der Waals surface area (Å²) in [6, 6.07) is 0.821. The number of carbonyl (C=O) groups excluding carboxylic acids is 1. The summed E-state index contributed by atoms with van der Waals surface area (Å²) in [5.74, 6) is 0.885. The highest BCUT2D eigenvalue weighted by Gasteiger charge is 2.26. The van der Waals surface area contributed by atoms with Crippen LogP contribution in [0.1, 0.15) is 70.6 Å². The molecule has 3 heteroatoms. The number of carbonyl (C=O) groups is 1. The molecule has 2 atom stereocenters. The normalized spacial score (nSPS) is 29.8. The van der Waals surface area contributed by atoms with Gasteiger partial charge in [-0.1, -0.05) is 32.1 Å². The summed E-state index contributed by atoms with van der Waals surface area (Å²) in [6.45, 7) is 0. The van der Waals surface area contributed by atoms with Crippen LogP contribution in [0.5, 0.6) is 0 Å². The quantitative estimate of drug-likeness (QED) is 0.798. The molecule has 0 heterocycles. The lowest BCUT2D eigenvalue weighted by atomic mass is 9.84. The van der Waals surface area contributed by atoms with Crippen molar-refractivity contribution >= 4 is 5.91 Å². The Kier molecular flexibility index (Phi) is 5.68. The first-order valence-corrected chi connectivity index (χ1v) is 8.18. The van der Waals surface area contributed by atoms with Gasteiger partial charge in [-0.25, -0.2) is 0 Å². The Bertz CT molecular complexity index is 284. The van der Waals surface area contributed by atoms with Crippen molar-refractivity contribution in [3.63, 3.8) is 0 Å². The summed E-state index contributed by atoms with van der Waals surface area (Å²) in [7, 11) is 2.01. The van der Waals surface area contributed by atoms with E-state index in [1.807, 2.05) is 11.9 Å². The zero-order valence-electron chi connectivity index (χ0n) is 12.4. The van der Waals surface area contributed by atoms with Crippen molar-refractivity contribution < 1.29 is 4.79 Å². The van der Waals surface area contributed by atoms with Crippen molar-refractivity contribution in [3.8, 4) is 0 Å². The third kappa shape index (κ3) is 4.48. The molecular weight excluding hydrogens is 236 g/mol. The molecule has 19 heavy (non-hydrogen) atoms. The van der Waals surface area contributed by atoms with Crippen LogP contribution < -0.4 is 5.73 Å². The lowest BCUT2D eigenvalue weighted by Crippen LogP contribution is -2.38. The highest BCUT2D eigenvalue weighted by atomic mass is 16.2. The molecule has 2 aliphatic rings. The van der Waals surface area contributed by atoms with Crippen LogP contribution in [0.4, 0.5) is 0 Å². The molecule has 0 aromatic rings. The largest absolute Gasteiger partial charge is 0.343 e. The highest BCUT2D eigenvalue weighted by molar-refractivity contribution is 5.76. The molecule has 2 fully saturated rings. The molecule has 1 amide bonds. The molecular formula is C16H30N2O. The van der Waals surface area contributed by atoms with Crippen molar-refractivity contribution in [1.29, 1.82) is 0 Å². The molecule has 0 radical (unpaired) electrons. The SMILES string of the molecule is CN(C(=O)CC1CCCC(N)C1)C1CCCCCC1. The van der Waals surface area contributed by atoms with E-state index in [1.54, 1.807) is 0 Å². The second-order valence-electron chi connectivity index (χ2n) is 6.65. The first-order chi connectivity index (χ1) is 9.16. The molecule has 0 aromatic carbocycles. The van der Waals surface area contributed by atoms with Gasteiger partial charge in [0.1, 0.15) is 0 Å². The Hall–Kier alpha value is -0.570. The maximum atomic E-state index is 12.4. The Labute approximate surface area is 117 Å². The molecule has 2 saturated carbocycles. The highest BCUT2D eigenvalue weighted by Crippen LogP contribution is 2.28. The van der Waals surface area contributed by atoms with Gasteiger partial charge in [0.05, 0.1) is 0 Å². The third-order valence-corrected chi connectivity index (χ3v) is 5.05. The summed E-state index contributed by atoms with van der Waals surface area (Å²) >= 11 is 0. The van der Waals surface area contributed by atoms with E-state index in [1.165, 1.54) is 51.4 Å². The Morgan fingerprint density at radius 2 is 1.74 bits per heavy atom. The molecule has 3 nitrogen and oxygen atoms in total. The van der Waals surface area contributed by atoms with Crippen molar-refractivity contribution in [2.75, 3.05) is 7.05 Å². The fourth-order valence-corrected chi connectivity index (χ4v) is 3.76. The third-order valence-electron chi connectivity index (χ3n) is 5.05. The molecule has 2 rings (SSSR count). The fourth-order valence-electron chi connectivity index (χ4n) is 3.76. The van der Waals surface area contributed by atoms with Gasteiger partial charge < -0.3 is 10.6 Å². The Morgan fingerprint density at radius 3 is 2.37 bits per heavy atom. The summed E-state index contributed by atoms with van der Waals surface area (Å²) in [4.78, 5) is 14.5. The van der Waals surface area contributed by atoms with Crippen LogP contribution in [0.2, 0.25) is 0 Å². The molecule has 0 saturated heterocycles. The number of nitrogens with two attached hydrogens (primary N) is 1. The van der Waals surface area contributed by atoms with Crippen molar-refractivity contribution in [3.05, 3.63) is 0 Å². The van der Waals surface area contributed by atoms with E-state index in [4.69, 9.17) is 5.73 Å². The van der Waals surface area contributed by atoms with Gasteiger partial charge in [0.2, 0.25) is 5.91 Å². The fraction of sp³-hybridized carbons (Fsp3) is 0.938. The standard InChI is InChI=1S/C16H30N2O/c1-18(15-9-4-2-3-5-10-15)16(19)12-13-7-6-8-14(17)11-13/h13-15H,2-12,17H2,1H3. The minimum absolute atomic E-state index is 0.328. The summed E-state index contributed by atoms with van der Waals surface area (Å²) in [6.07, 6.45) is 13.0. The Morgan fingerprint density at radius 1 is 1.05 bits per heavy atom. The van der Waals surface area contributed by atoms with E-state index in [-0.39, 0.29) is 0 Å². The van der Waals surface area contributed by atoms with E-state index >= 15 is 0 Å². The molecule has 0 aromatic heterocycles. The van der Waals surface area contributed by atoms with Crippen molar-refractivity contribution in [2.45, 2.75) is 82.7 Å². The first-order valence-electron chi connectivity index (χ1n) is 8.18. The Balaban J connectivity index is 1.80. The maximum Gasteiger partial charge on any atom is 0.222 e. The first kappa shape index (κ1) is 14.8. The minimum atomic E-state index is 0.328. The second kappa shape index (κ2) is 7.28. The van der Waals surface area contributed by atoms with Crippen LogP contribution in [-0.4, -0.2) is 29.9 Å². The van der Waals surface area contributed by atoms with Crippen LogP contribution in [0.3, 0.4) is 0 Å². The van der Waals surface area contributed by atoms with Crippen LogP contribution >= 0.6 is 0 Å². The van der Waals surface area contributed by atoms with Gasteiger partial charge in [0.15, 0.2) is 0 Å². The molecule has 110 valence electrons. The van der Waals surface area contributed by atoms with Crippen molar-refractivity contribution in [2.24, 2.45) is 11.7 Å². The number of nitrogens with zero attached hydrogens (tertiary/aromatic N) is 1. The monoisotopic (exact) mass is 266 g/mol. The zero-order valence-corrected chi connectivity index (χ0v) is 12.4. The van der Waals surface area contributed by atoms with Crippen LogP contribution in [0.15, 0.2) is 0 Å². The smallest absolute Gasteiger partial charge is 0.222 e. The molecule has 0 spiro atoms. The molecule has 2 N–H and O–H groups in total. The van der Waals surface area contributed by atoms with Gasteiger partial charge in [-0.3, -0.25) is 4.79 Å². The minimum Gasteiger partial charge on any atom is -0.343 e. The predicted molar refractivity (Wildman–Crippen MR) is 78.8 cm³/mol. The van der Waals surface area contributed by atoms with Gasteiger partial charge >= 0.3 is 0 Å². The topological polar surface area (TPSA) is 46.3 Å². The summed E-state index contributed by atoms with van der Waals surface area (Å²) < 4.78 is 0. The molecule has 0 bridgehead atoms. The van der Waals surface area contributed by atoms with E-state index in [0.717, 1.165) is 19.3 Å².